The lowest BCUT2D eigenvalue weighted by Gasteiger charge is -2.19. The Morgan fingerprint density at radius 1 is 1.35 bits per heavy atom. The standard InChI is InChI=1S/C14H18N4O3S2/c1-5-22-11-10(12(20)17(4)8-9(19)16(2)3)13(21)18-6-7-23-14(18)15-11/h6-7H,5,8H2,1-4H3. The highest BCUT2D eigenvalue weighted by atomic mass is 32.2. The Hall–Kier alpha value is -1.87. The van der Waals surface area contributed by atoms with Crippen LogP contribution in [-0.2, 0) is 4.79 Å². The first-order valence-corrected chi connectivity index (χ1v) is 8.81. The molecule has 0 saturated heterocycles. The van der Waals surface area contributed by atoms with Crippen molar-refractivity contribution in [2.75, 3.05) is 33.4 Å². The number of rotatable bonds is 5. The van der Waals surface area contributed by atoms with Crippen LogP contribution in [0.1, 0.15) is 17.3 Å². The number of fused-ring (bicyclic) bond motifs is 1. The summed E-state index contributed by atoms with van der Waals surface area (Å²) in [6.07, 6.45) is 1.59. The van der Waals surface area contributed by atoms with Gasteiger partial charge < -0.3 is 9.80 Å². The molecule has 0 N–H and O–H groups in total. The van der Waals surface area contributed by atoms with E-state index in [2.05, 4.69) is 4.98 Å². The molecule has 2 aromatic heterocycles. The third-order valence-corrected chi connectivity index (χ3v) is 4.76. The van der Waals surface area contributed by atoms with Crippen LogP contribution in [0.3, 0.4) is 0 Å². The molecule has 9 heteroatoms. The average Bonchev–Trinajstić information content (AvgIpc) is 2.95. The van der Waals surface area contributed by atoms with E-state index >= 15 is 0 Å². The number of thioether (sulfide) groups is 1. The van der Waals surface area contributed by atoms with Crippen molar-refractivity contribution in [3.8, 4) is 0 Å². The van der Waals surface area contributed by atoms with Gasteiger partial charge in [0.05, 0.1) is 6.54 Å². The van der Waals surface area contributed by atoms with Crippen molar-refractivity contribution in [1.29, 1.82) is 0 Å². The van der Waals surface area contributed by atoms with E-state index in [1.807, 2.05) is 6.92 Å². The molecule has 23 heavy (non-hydrogen) atoms. The fourth-order valence-electron chi connectivity index (χ4n) is 1.89. The molecule has 7 nitrogen and oxygen atoms in total. The molecule has 2 amide bonds. The highest BCUT2D eigenvalue weighted by Gasteiger charge is 2.24. The first kappa shape index (κ1) is 17.5. The van der Waals surface area contributed by atoms with Gasteiger partial charge in [0, 0.05) is 32.7 Å². The van der Waals surface area contributed by atoms with E-state index in [1.165, 1.54) is 44.3 Å². The van der Waals surface area contributed by atoms with Crippen LogP contribution in [0, 0.1) is 0 Å². The molecule has 0 atom stereocenters. The zero-order valence-electron chi connectivity index (χ0n) is 13.4. The molecule has 124 valence electrons. The van der Waals surface area contributed by atoms with Crippen LogP contribution in [0.15, 0.2) is 21.4 Å². The van der Waals surface area contributed by atoms with Crippen molar-refractivity contribution in [1.82, 2.24) is 19.2 Å². The van der Waals surface area contributed by atoms with Gasteiger partial charge >= 0.3 is 0 Å². The van der Waals surface area contributed by atoms with E-state index in [-0.39, 0.29) is 18.0 Å². The van der Waals surface area contributed by atoms with Crippen LogP contribution in [-0.4, -0.2) is 64.4 Å². The Morgan fingerprint density at radius 3 is 2.65 bits per heavy atom. The fourth-order valence-corrected chi connectivity index (χ4v) is 3.40. The lowest BCUT2D eigenvalue weighted by atomic mass is 10.3. The number of hydrogen-bond acceptors (Lipinski definition) is 6. The van der Waals surface area contributed by atoms with Crippen molar-refractivity contribution in [2.45, 2.75) is 11.9 Å². The molecule has 2 rings (SSSR count). The van der Waals surface area contributed by atoms with Gasteiger partial charge in [0.15, 0.2) is 4.96 Å². The van der Waals surface area contributed by atoms with E-state index < -0.39 is 11.5 Å². The third-order valence-electron chi connectivity index (χ3n) is 3.15. The molecular formula is C14H18N4O3S2. The monoisotopic (exact) mass is 354 g/mol. The number of hydrogen-bond donors (Lipinski definition) is 0. The van der Waals surface area contributed by atoms with Crippen LogP contribution in [0.4, 0.5) is 0 Å². The Kier molecular flexibility index (Phi) is 5.42. The first-order valence-electron chi connectivity index (χ1n) is 6.95. The van der Waals surface area contributed by atoms with Crippen LogP contribution in [0.25, 0.3) is 4.96 Å². The largest absolute Gasteiger partial charge is 0.347 e. The van der Waals surface area contributed by atoms with Crippen LogP contribution in [0.5, 0.6) is 0 Å². The number of likely N-dealkylation sites (N-methyl/N-ethyl adjacent to an activating group) is 2. The Bertz CT molecular complexity index is 797. The number of amides is 2. The highest BCUT2D eigenvalue weighted by Crippen LogP contribution is 2.21. The number of carbonyl (C=O) groups excluding carboxylic acids is 2. The quantitative estimate of drug-likeness (QED) is 0.592. The molecule has 0 saturated carbocycles. The summed E-state index contributed by atoms with van der Waals surface area (Å²) in [5.74, 6) is -0.0151. The molecule has 0 aromatic carbocycles. The minimum atomic E-state index is -0.491. The van der Waals surface area contributed by atoms with Gasteiger partial charge in [-0.05, 0) is 5.75 Å². The predicted octanol–water partition coefficient (Wildman–Crippen LogP) is 1.03. The molecule has 0 bridgehead atoms. The summed E-state index contributed by atoms with van der Waals surface area (Å²) in [4.78, 5) is 44.7. The maximum absolute atomic E-state index is 12.7. The maximum atomic E-state index is 12.7. The third kappa shape index (κ3) is 3.56. The molecule has 0 fully saturated rings. The van der Waals surface area contributed by atoms with Crippen molar-refractivity contribution >= 4 is 39.9 Å². The van der Waals surface area contributed by atoms with Gasteiger partial charge in [-0.25, -0.2) is 4.98 Å². The highest BCUT2D eigenvalue weighted by molar-refractivity contribution is 7.99. The normalized spacial score (nSPS) is 10.8. The topological polar surface area (TPSA) is 75.0 Å². The molecule has 0 aliphatic heterocycles. The summed E-state index contributed by atoms with van der Waals surface area (Å²) in [5.41, 5.74) is -0.386. The second-order valence-electron chi connectivity index (χ2n) is 5.04. The van der Waals surface area contributed by atoms with Gasteiger partial charge in [0.25, 0.3) is 11.5 Å². The SMILES string of the molecule is CCSc1nc2sccn2c(=O)c1C(=O)N(C)CC(=O)N(C)C. The summed E-state index contributed by atoms with van der Waals surface area (Å²) in [5, 5.41) is 2.16. The van der Waals surface area contributed by atoms with E-state index in [1.54, 1.807) is 25.7 Å². The van der Waals surface area contributed by atoms with Crippen LogP contribution >= 0.6 is 23.1 Å². The summed E-state index contributed by atoms with van der Waals surface area (Å²) in [6.45, 7) is 1.84. The van der Waals surface area contributed by atoms with Gasteiger partial charge in [0.1, 0.15) is 10.6 Å². The fraction of sp³-hybridized carbons (Fsp3) is 0.429. The average molecular weight is 354 g/mol. The van der Waals surface area contributed by atoms with Crippen molar-refractivity contribution in [3.05, 3.63) is 27.5 Å². The zero-order chi connectivity index (χ0) is 17.1. The van der Waals surface area contributed by atoms with Crippen molar-refractivity contribution in [2.24, 2.45) is 0 Å². The predicted molar refractivity (Wildman–Crippen MR) is 91.4 cm³/mol. The van der Waals surface area contributed by atoms with E-state index in [9.17, 15) is 14.4 Å². The molecular weight excluding hydrogens is 336 g/mol. The van der Waals surface area contributed by atoms with E-state index in [4.69, 9.17) is 0 Å². The van der Waals surface area contributed by atoms with Gasteiger partial charge in [-0.3, -0.25) is 18.8 Å². The summed E-state index contributed by atoms with van der Waals surface area (Å²) in [7, 11) is 4.74. The Morgan fingerprint density at radius 2 is 2.04 bits per heavy atom. The summed E-state index contributed by atoms with van der Waals surface area (Å²) in [6, 6.07) is 0. The molecule has 0 aliphatic carbocycles. The Balaban J connectivity index is 2.46. The number of aromatic nitrogens is 2. The lowest BCUT2D eigenvalue weighted by Crippen LogP contribution is -2.40. The minimum absolute atomic E-state index is 0.0156. The van der Waals surface area contributed by atoms with E-state index in [0.29, 0.717) is 15.7 Å². The second kappa shape index (κ2) is 7.14. The van der Waals surface area contributed by atoms with Gasteiger partial charge in [0.2, 0.25) is 5.91 Å². The van der Waals surface area contributed by atoms with Gasteiger partial charge in [-0.1, -0.05) is 6.92 Å². The molecule has 2 aromatic rings. The van der Waals surface area contributed by atoms with E-state index in [0.717, 1.165) is 0 Å². The number of carbonyl (C=O) groups is 2. The first-order chi connectivity index (χ1) is 10.9. The molecule has 0 unspecified atom stereocenters. The maximum Gasteiger partial charge on any atom is 0.272 e. The zero-order valence-corrected chi connectivity index (χ0v) is 15.0. The molecule has 0 aliphatic rings. The number of nitrogens with zero attached hydrogens (tertiary/aromatic N) is 4. The van der Waals surface area contributed by atoms with Crippen LogP contribution in [0.2, 0.25) is 0 Å². The smallest absolute Gasteiger partial charge is 0.272 e. The lowest BCUT2D eigenvalue weighted by molar-refractivity contribution is -0.129. The van der Waals surface area contributed by atoms with Gasteiger partial charge in [-0.2, -0.15) is 0 Å². The van der Waals surface area contributed by atoms with Crippen molar-refractivity contribution < 1.29 is 9.59 Å². The minimum Gasteiger partial charge on any atom is -0.347 e. The number of thiazole rings is 1. The molecule has 0 radical (unpaired) electrons. The van der Waals surface area contributed by atoms with Gasteiger partial charge in [-0.15, -0.1) is 23.1 Å². The van der Waals surface area contributed by atoms with Crippen molar-refractivity contribution in [3.63, 3.8) is 0 Å². The molecule has 2 heterocycles. The summed E-state index contributed by atoms with van der Waals surface area (Å²) < 4.78 is 1.36. The molecule has 0 spiro atoms. The van der Waals surface area contributed by atoms with Crippen LogP contribution < -0.4 is 5.56 Å². The Labute approximate surface area is 141 Å². The summed E-state index contributed by atoms with van der Waals surface area (Å²) >= 11 is 2.68. The second-order valence-corrected chi connectivity index (χ2v) is 7.16.